The van der Waals surface area contributed by atoms with E-state index in [0.717, 1.165) is 5.56 Å². The average Bonchev–Trinajstić information content (AvgIpc) is 3.16. The minimum atomic E-state index is -1.12. The largest absolute Gasteiger partial charge is 0.467 e. The first-order valence-electron chi connectivity index (χ1n) is 12.7. The summed E-state index contributed by atoms with van der Waals surface area (Å²) in [7, 11) is 1.34. The highest BCUT2D eigenvalue weighted by Crippen LogP contribution is 2.35. The number of nitrogens with one attached hydrogen (secondary N) is 1. The van der Waals surface area contributed by atoms with Crippen LogP contribution in [0, 0.1) is 0 Å². The molecule has 9 heteroatoms. The number of likely N-dealkylation sites (tertiary alicyclic amines) is 1. The summed E-state index contributed by atoms with van der Waals surface area (Å²) in [5.74, 6) is -0.872. The summed E-state index contributed by atoms with van der Waals surface area (Å²) in [5, 5.41) is 2.84. The van der Waals surface area contributed by atoms with Gasteiger partial charge in [-0.25, -0.2) is 9.59 Å². The molecule has 0 aromatic heterocycles. The summed E-state index contributed by atoms with van der Waals surface area (Å²) < 4.78 is 5.20. The number of ether oxygens (including phenoxy) is 1. The SMILES string of the molecule is CCC(=O)N(c1ccccc1)C1(C(=O)OC)CCN(CCN2C(=O)NC(C)(c3ccccc3)C2=O)CC1. The van der Waals surface area contributed by atoms with Gasteiger partial charge in [-0.2, -0.15) is 0 Å². The fourth-order valence-corrected chi connectivity index (χ4v) is 5.33. The molecule has 1 N–H and O–H groups in total. The van der Waals surface area contributed by atoms with Crippen LogP contribution in [0.2, 0.25) is 0 Å². The number of rotatable bonds is 8. The number of hydrogen-bond donors (Lipinski definition) is 1. The van der Waals surface area contributed by atoms with Gasteiger partial charge in [0.2, 0.25) is 5.91 Å². The second kappa shape index (κ2) is 10.7. The lowest BCUT2D eigenvalue weighted by molar-refractivity contribution is -0.151. The molecular formula is C28H34N4O5. The van der Waals surface area contributed by atoms with Gasteiger partial charge in [-0.1, -0.05) is 55.5 Å². The third kappa shape index (κ3) is 4.83. The van der Waals surface area contributed by atoms with Crippen LogP contribution in [0.5, 0.6) is 0 Å². The summed E-state index contributed by atoms with van der Waals surface area (Å²) in [5.41, 5.74) is -0.824. The standard InChI is InChI=1S/C28H34N4O5/c1-4-23(33)32(22-13-9-6-10-14-22)28(25(35)37-3)15-17-30(18-16-28)19-20-31-24(34)27(2,29-26(31)36)21-11-7-5-8-12-21/h5-14H,4,15-20H2,1-3H3,(H,29,36). The average molecular weight is 507 g/mol. The van der Waals surface area contributed by atoms with E-state index in [-0.39, 0.29) is 24.8 Å². The van der Waals surface area contributed by atoms with Crippen LogP contribution in [-0.2, 0) is 24.7 Å². The van der Waals surface area contributed by atoms with E-state index < -0.39 is 23.1 Å². The molecule has 0 bridgehead atoms. The fourth-order valence-electron chi connectivity index (χ4n) is 5.33. The van der Waals surface area contributed by atoms with Crippen LogP contribution in [0.4, 0.5) is 10.5 Å². The number of amides is 4. The van der Waals surface area contributed by atoms with Gasteiger partial charge >= 0.3 is 12.0 Å². The van der Waals surface area contributed by atoms with Crippen LogP contribution >= 0.6 is 0 Å². The Morgan fingerprint density at radius 3 is 2.14 bits per heavy atom. The second-order valence-electron chi connectivity index (χ2n) is 9.66. The van der Waals surface area contributed by atoms with Crippen LogP contribution in [0.25, 0.3) is 0 Å². The number of para-hydroxylation sites is 1. The van der Waals surface area contributed by atoms with Crippen molar-refractivity contribution in [1.29, 1.82) is 0 Å². The lowest BCUT2D eigenvalue weighted by atomic mass is 9.84. The van der Waals surface area contributed by atoms with Crippen molar-refractivity contribution in [3.8, 4) is 0 Å². The first-order chi connectivity index (χ1) is 17.8. The Hall–Kier alpha value is -3.72. The molecule has 0 spiro atoms. The highest BCUT2D eigenvalue weighted by Gasteiger charge is 2.51. The Labute approximate surface area is 217 Å². The highest BCUT2D eigenvalue weighted by atomic mass is 16.5. The number of methoxy groups -OCH3 is 1. The first-order valence-corrected chi connectivity index (χ1v) is 12.7. The normalized spacial score (nSPS) is 21.4. The van der Waals surface area contributed by atoms with Gasteiger partial charge in [0.1, 0.15) is 11.1 Å². The molecule has 4 amide bonds. The Morgan fingerprint density at radius 2 is 1.57 bits per heavy atom. The lowest BCUT2D eigenvalue weighted by Crippen LogP contribution is -2.63. The van der Waals surface area contributed by atoms with Crippen molar-refractivity contribution in [3.63, 3.8) is 0 Å². The van der Waals surface area contributed by atoms with Gasteiger partial charge in [0, 0.05) is 38.3 Å². The van der Waals surface area contributed by atoms with Gasteiger partial charge < -0.3 is 15.0 Å². The fraction of sp³-hybridized carbons (Fsp3) is 0.429. The molecule has 2 saturated heterocycles. The summed E-state index contributed by atoms with van der Waals surface area (Å²) in [6.07, 6.45) is 1.01. The van der Waals surface area contributed by atoms with Crippen LogP contribution in [0.3, 0.4) is 0 Å². The number of carbonyl (C=O) groups is 4. The number of hydrogen-bond acceptors (Lipinski definition) is 6. The third-order valence-electron chi connectivity index (χ3n) is 7.51. The Bertz CT molecular complexity index is 1150. The molecule has 1 unspecified atom stereocenters. The molecule has 2 aliphatic rings. The Balaban J connectivity index is 1.46. The van der Waals surface area contributed by atoms with E-state index in [4.69, 9.17) is 4.74 Å². The van der Waals surface area contributed by atoms with Crippen molar-refractivity contribution < 1.29 is 23.9 Å². The van der Waals surface area contributed by atoms with Crippen molar-refractivity contribution in [3.05, 3.63) is 66.2 Å². The van der Waals surface area contributed by atoms with Gasteiger partial charge in [0.25, 0.3) is 5.91 Å². The number of piperidine rings is 1. The van der Waals surface area contributed by atoms with Crippen molar-refractivity contribution in [2.75, 3.05) is 38.2 Å². The van der Waals surface area contributed by atoms with E-state index in [1.165, 1.54) is 12.0 Å². The first kappa shape index (κ1) is 26.3. The van der Waals surface area contributed by atoms with Crippen LogP contribution in [-0.4, -0.2) is 72.4 Å². The summed E-state index contributed by atoms with van der Waals surface area (Å²) >= 11 is 0. The maximum atomic E-state index is 13.2. The minimum Gasteiger partial charge on any atom is -0.467 e. The van der Waals surface area contributed by atoms with Gasteiger partial charge in [0.05, 0.1) is 7.11 Å². The van der Waals surface area contributed by atoms with Gasteiger partial charge in [-0.15, -0.1) is 0 Å². The molecule has 2 aromatic carbocycles. The number of anilines is 1. The molecule has 2 aliphatic heterocycles. The zero-order valence-corrected chi connectivity index (χ0v) is 21.6. The Kier molecular flexibility index (Phi) is 7.63. The van der Waals surface area contributed by atoms with E-state index in [1.54, 1.807) is 18.7 Å². The zero-order valence-electron chi connectivity index (χ0n) is 21.6. The van der Waals surface area contributed by atoms with Crippen LogP contribution in [0.1, 0.15) is 38.7 Å². The molecule has 0 radical (unpaired) electrons. The van der Waals surface area contributed by atoms with E-state index in [0.29, 0.717) is 38.2 Å². The molecule has 37 heavy (non-hydrogen) atoms. The van der Waals surface area contributed by atoms with E-state index in [2.05, 4.69) is 10.2 Å². The predicted octanol–water partition coefficient (Wildman–Crippen LogP) is 2.90. The molecule has 0 aliphatic carbocycles. The van der Waals surface area contributed by atoms with E-state index >= 15 is 0 Å². The monoisotopic (exact) mass is 506 g/mol. The number of benzene rings is 2. The van der Waals surface area contributed by atoms with Crippen molar-refractivity contribution in [2.45, 2.75) is 44.2 Å². The third-order valence-corrected chi connectivity index (χ3v) is 7.51. The van der Waals surface area contributed by atoms with E-state index in [1.807, 2.05) is 60.7 Å². The topological polar surface area (TPSA) is 99.3 Å². The lowest BCUT2D eigenvalue weighted by Gasteiger charge is -2.46. The minimum absolute atomic E-state index is 0.149. The molecule has 2 aromatic rings. The maximum Gasteiger partial charge on any atom is 0.332 e. The molecule has 2 fully saturated rings. The van der Waals surface area contributed by atoms with Crippen molar-refractivity contribution in [2.24, 2.45) is 0 Å². The van der Waals surface area contributed by atoms with Crippen molar-refractivity contribution >= 4 is 29.5 Å². The molecule has 2 heterocycles. The van der Waals surface area contributed by atoms with Crippen LogP contribution < -0.4 is 10.2 Å². The van der Waals surface area contributed by atoms with Gasteiger partial charge in [0.15, 0.2) is 0 Å². The number of carbonyl (C=O) groups excluding carboxylic acids is 4. The summed E-state index contributed by atoms with van der Waals surface area (Å²) in [4.78, 5) is 57.1. The molecule has 9 nitrogen and oxygen atoms in total. The van der Waals surface area contributed by atoms with Gasteiger partial charge in [-0.05, 0) is 37.5 Å². The molecule has 1 atom stereocenters. The molecule has 196 valence electrons. The molecule has 0 saturated carbocycles. The smallest absolute Gasteiger partial charge is 0.332 e. The number of nitrogens with zero attached hydrogens (tertiary/aromatic N) is 3. The number of urea groups is 1. The quantitative estimate of drug-likeness (QED) is 0.437. The second-order valence-corrected chi connectivity index (χ2v) is 9.66. The van der Waals surface area contributed by atoms with E-state index in [9.17, 15) is 19.2 Å². The van der Waals surface area contributed by atoms with Gasteiger partial charge in [-0.3, -0.25) is 19.4 Å². The van der Waals surface area contributed by atoms with Crippen molar-refractivity contribution in [1.82, 2.24) is 15.1 Å². The summed E-state index contributed by atoms with van der Waals surface area (Å²) in [6.45, 7) is 5.21. The molecule has 4 rings (SSSR count). The number of imide groups is 1. The number of esters is 1. The zero-order chi connectivity index (χ0) is 26.6. The maximum absolute atomic E-state index is 13.2. The van der Waals surface area contributed by atoms with Crippen LogP contribution in [0.15, 0.2) is 60.7 Å². The highest BCUT2D eigenvalue weighted by molar-refractivity contribution is 6.07. The predicted molar refractivity (Wildman–Crippen MR) is 139 cm³/mol. The molecular weight excluding hydrogens is 472 g/mol. The summed E-state index contributed by atoms with van der Waals surface area (Å²) in [6, 6.07) is 18.0. The Morgan fingerprint density at radius 1 is 0.973 bits per heavy atom.